The van der Waals surface area contributed by atoms with Gasteiger partial charge in [-0.1, -0.05) is 0 Å². The Kier molecular flexibility index (Phi) is 2.22. The maximum atomic E-state index is 8.52. The minimum Gasteiger partial charge on any atom is -0.394 e. The van der Waals surface area contributed by atoms with Crippen LogP contribution in [0.5, 0.6) is 0 Å². The van der Waals surface area contributed by atoms with Crippen molar-refractivity contribution in [2.45, 2.75) is 6.54 Å². The van der Waals surface area contributed by atoms with Gasteiger partial charge in [-0.05, 0) is 0 Å². The first-order valence-electron chi connectivity index (χ1n) is 3.21. The van der Waals surface area contributed by atoms with Crippen molar-refractivity contribution in [2.24, 2.45) is 5.73 Å². The van der Waals surface area contributed by atoms with Crippen molar-refractivity contribution < 1.29 is 5.11 Å². The van der Waals surface area contributed by atoms with E-state index in [4.69, 9.17) is 16.2 Å². The molecular formula is C6H10N4O. The number of nitrogens with zero attached hydrogens (tertiary/aromatic N) is 2. The molecule has 0 spiro atoms. The van der Waals surface area contributed by atoms with Gasteiger partial charge in [0.2, 0.25) is 0 Å². The van der Waals surface area contributed by atoms with Gasteiger partial charge in [-0.3, -0.25) is 10.1 Å². The zero-order chi connectivity index (χ0) is 8.27. The van der Waals surface area contributed by atoms with E-state index in [0.29, 0.717) is 12.1 Å². The van der Waals surface area contributed by atoms with Crippen LogP contribution >= 0.6 is 0 Å². The Labute approximate surface area is 64.0 Å². The molecule has 0 atom stereocenters. The first-order chi connectivity index (χ1) is 5.24. The molecule has 0 amide bonds. The van der Waals surface area contributed by atoms with E-state index < -0.39 is 0 Å². The Morgan fingerprint density at radius 2 is 2.55 bits per heavy atom. The first-order valence-corrected chi connectivity index (χ1v) is 3.21. The number of nitrogens with two attached hydrogens (primary N) is 1. The van der Waals surface area contributed by atoms with Gasteiger partial charge in [0.1, 0.15) is 5.84 Å². The van der Waals surface area contributed by atoms with Gasteiger partial charge < -0.3 is 10.8 Å². The average Bonchev–Trinajstić information content (AvgIpc) is 2.37. The summed E-state index contributed by atoms with van der Waals surface area (Å²) in [6, 6.07) is 0. The predicted octanol–water partition coefficient (Wildman–Crippen LogP) is -0.841. The van der Waals surface area contributed by atoms with Crippen LogP contribution in [0, 0.1) is 5.41 Å². The Morgan fingerprint density at radius 3 is 3.00 bits per heavy atom. The summed E-state index contributed by atoms with van der Waals surface area (Å²) in [5.74, 6) is -0.00538. The molecule has 1 heterocycles. The quantitative estimate of drug-likeness (QED) is 0.392. The molecule has 0 radical (unpaired) electrons. The monoisotopic (exact) mass is 154 g/mol. The number of nitrogen functional groups attached to an aromatic ring is 1. The summed E-state index contributed by atoms with van der Waals surface area (Å²) in [5.41, 5.74) is 5.77. The van der Waals surface area contributed by atoms with Crippen LogP contribution in [0.4, 0.5) is 0 Å². The Bertz CT molecular complexity index is 255. The maximum Gasteiger partial charge on any atom is 0.125 e. The zero-order valence-corrected chi connectivity index (χ0v) is 5.99. The van der Waals surface area contributed by atoms with Gasteiger partial charge >= 0.3 is 0 Å². The topological polar surface area (TPSA) is 87.9 Å². The molecule has 1 aromatic heterocycles. The van der Waals surface area contributed by atoms with E-state index in [1.54, 1.807) is 6.20 Å². The molecule has 0 unspecified atom stereocenters. The molecule has 0 saturated heterocycles. The largest absolute Gasteiger partial charge is 0.394 e. The summed E-state index contributed by atoms with van der Waals surface area (Å²) in [4.78, 5) is 0. The van der Waals surface area contributed by atoms with E-state index in [9.17, 15) is 0 Å². The predicted molar refractivity (Wildman–Crippen MR) is 40.3 cm³/mol. The molecule has 0 aliphatic rings. The van der Waals surface area contributed by atoms with Crippen LogP contribution in [0.15, 0.2) is 12.4 Å². The third-order valence-electron chi connectivity index (χ3n) is 1.27. The fraction of sp³-hybridized carbons (Fsp3) is 0.333. The molecule has 5 nitrogen and oxygen atoms in total. The molecule has 0 aliphatic heterocycles. The number of hydrogen-bond donors (Lipinski definition) is 3. The number of aromatic nitrogens is 2. The van der Waals surface area contributed by atoms with Crippen LogP contribution in [-0.2, 0) is 6.54 Å². The van der Waals surface area contributed by atoms with Crippen molar-refractivity contribution in [3.05, 3.63) is 18.0 Å². The second-order valence-electron chi connectivity index (χ2n) is 2.13. The lowest BCUT2D eigenvalue weighted by Gasteiger charge is -1.93. The number of hydrogen-bond acceptors (Lipinski definition) is 3. The first kappa shape index (κ1) is 7.74. The maximum absolute atomic E-state index is 8.52. The highest BCUT2D eigenvalue weighted by Gasteiger charge is 1.98. The summed E-state index contributed by atoms with van der Waals surface area (Å²) >= 11 is 0. The van der Waals surface area contributed by atoms with E-state index in [0.717, 1.165) is 0 Å². The summed E-state index contributed by atoms with van der Waals surface area (Å²) in [7, 11) is 0. The van der Waals surface area contributed by atoms with Crippen molar-refractivity contribution in [1.29, 1.82) is 5.41 Å². The smallest absolute Gasteiger partial charge is 0.125 e. The van der Waals surface area contributed by atoms with Gasteiger partial charge in [0, 0.05) is 6.20 Å². The van der Waals surface area contributed by atoms with E-state index in [2.05, 4.69) is 5.10 Å². The van der Waals surface area contributed by atoms with Gasteiger partial charge in [0.05, 0.1) is 24.9 Å². The number of aliphatic hydroxyl groups is 1. The number of amidine groups is 1. The summed E-state index contributed by atoms with van der Waals surface area (Å²) < 4.78 is 1.54. The molecule has 5 heteroatoms. The van der Waals surface area contributed by atoms with Crippen LogP contribution in [0.1, 0.15) is 5.56 Å². The Hall–Kier alpha value is -1.36. The number of nitrogens with one attached hydrogen (secondary N) is 1. The lowest BCUT2D eigenvalue weighted by atomic mass is 10.3. The second-order valence-corrected chi connectivity index (χ2v) is 2.13. The highest BCUT2D eigenvalue weighted by atomic mass is 16.3. The van der Waals surface area contributed by atoms with Crippen molar-refractivity contribution >= 4 is 5.84 Å². The minimum atomic E-state index is -0.00538. The molecule has 4 N–H and O–H groups in total. The van der Waals surface area contributed by atoms with E-state index in [1.807, 2.05) is 0 Å². The normalized spacial score (nSPS) is 9.91. The van der Waals surface area contributed by atoms with Gasteiger partial charge in [-0.2, -0.15) is 5.10 Å². The van der Waals surface area contributed by atoms with Gasteiger partial charge in [0.25, 0.3) is 0 Å². The van der Waals surface area contributed by atoms with Crippen LogP contribution in [0.3, 0.4) is 0 Å². The van der Waals surface area contributed by atoms with Crippen molar-refractivity contribution in [1.82, 2.24) is 9.78 Å². The van der Waals surface area contributed by atoms with E-state index in [1.165, 1.54) is 10.9 Å². The summed E-state index contributed by atoms with van der Waals surface area (Å²) in [6.45, 7) is 0.478. The number of aliphatic hydroxyl groups excluding tert-OH is 1. The standard InChI is InChI=1S/C6H10N4O/c7-6(8)5-3-9-10(4-5)1-2-11/h3-4,11H,1-2H2,(H3,7,8). The van der Waals surface area contributed by atoms with Crippen molar-refractivity contribution in [2.75, 3.05) is 6.61 Å². The molecule has 0 aliphatic carbocycles. The molecule has 11 heavy (non-hydrogen) atoms. The SMILES string of the molecule is N=C(N)c1cnn(CCO)c1. The Balaban J connectivity index is 2.73. The van der Waals surface area contributed by atoms with Crippen LogP contribution in [-0.4, -0.2) is 27.3 Å². The highest BCUT2D eigenvalue weighted by molar-refractivity contribution is 5.94. The second kappa shape index (κ2) is 3.16. The lowest BCUT2D eigenvalue weighted by molar-refractivity contribution is 0.269. The number of rotatable bonds is 3. The molecule has 60 valence electrons. The van der Waals surface area contributed by atoms with E-state index in [-0.39, 0.29) is 12.4 Å². The zero-order valence-electron chi connectivity index (χ0n) is 5.99. The highest BCUT2D eigenvalue weighted by Crippen LogP contribution is 1.94. The molecule has 0 bridgehead atoms. The molecule has 1 rings (SSSR count). The van der Waals surface area contributed by atoms with E-state index >= 15 is 0 Å². The summed E-state index contributed by atoms with van der Waals surface area (Å²) in [6.07, 6.45) is 3.12. The summed E-state index contributed by atoms with van der Waals surface area (Å²) in [5, 5.41) is 19.4. The molecule has 0 aromatic carbocycles. The third kappa shape index (κ3) is 1.78. The third-order valence-corrected chi connectivity index (χ3v) is 1.27. The van der Waals surface area contributed by atoms with Crippen LogP contribution < -0.4 is 5.73 Å². The van der Waals surface area contributed by atoms with Crippen molar-refractivity contribution in [3.63, 3.8) is 0 Å². The van der Waals surface area contributed by atoms with Gasteiger partial charge in [-0.15, -0.1) is 0 Å². The van der Waals surface area contributed by atoms with Gasteiger partial charge in [-0.25, -0.2) is 0 Å². The lowest BCUT2D eigenvalue weighted by Crippen LogP contribution is -2.10. The van der Waals surface area contributed by atoms with Crippen LogP contribution in [0.25, 0.3) is 0 Å². The van der Waals surface area contributed by atoms with Gasteiger partial charge in [0.15, 0.2) is 0 Å². The fourth-order valence-corrected chi connectivity index (χ4v) is 0.727. The molecule has 1 aromatic rings. The molecule has 0 fully saturated rings. The average molecular weight is 154 g/mol. The molecule has 0 saturated carbocycles. The fourth-order valence-electron chi connectivity index (χ4n) is 0.727. The molecular weight excluding hydrogens is 144 g/mol. The van der Waals surface area contributed by atoms with Crippen molar-refractivity contribution in [3.8, 4) is 0 Å². The van der Waals surface area contributed by atoms with Crippen LogP contribution in [0.2, 0.25) is 0 Å². The minimum absolute atomic E-state index is 0.00538. The Morgan fingerprint density at radius 1 is 1.82 bits per heavy atom.